The van der Waals surface area contributed by atoms with Crippen LogP contribution >= 0.6 is 34.5 Å². The summed E-state index contributed by atoms with van der Waals surface area (Å²) in [6, 6.07) is 25.7. The van der Waals surface area contributed by atoms with Gasteiger partial charge in [0.1, 0.15) is 18.8 Å². The van der Waals surface area contributed by atoms with Crippen LogP contribution in [0.15, 0.2) is 91.0 Å². The molecule has 0 unspecified atom stereocenters. The highest BCUT2D eigenvalue weighted by Crippen LogP contribution is 2.33. The van der Waals surface area contributed by atoms with Crippen LogP contribution in [-0.4, -0.2) is 80.1 Å². The summed E-state index contributed by atoms with van der Waals surface area (Å²) in [7, 11) is 0. The second-order valence-corrected chi connectivity index (χ2v) is 15.7. The van der Waals surface area contributed by atoms with Crippen molar-refractivity contribution in [1.82, 2.24) is 30.1 Å². The number of benzene rings is 4. The van der Waals surface area contributed by atoms with E-state index in [0.29, 0.717) is 20.9 Å². The van der Waals surface area contributed by atoms with Gasteiger partial charge < -0.3 is 25.6 Å². The van der Waals surface area contributed by atoms with Gasteiger partial charge in [-0.1, -0.05) is 95.2 Å². The Kier molecular flexibility index (Phi) is 11.6. The van der Waals surface area contributed by atoms with Crippen molar-refractivity contribution in [3.63, 3.8) is 0 Å². The standard InChI is InChI=1S/C40H40Cl2N8O5S/c1-24(2)50(39(53)44-19-27-13-16-30(41)31(42)17-27)48-22-35(51)49-32(18-25-11-14-29(15-12-25)45-40(54)55-23-26-7-4-3-5-8-26)37(52)47(21-34(48)49)20-28-9-6-10-33-36(28)46-38(43)56-33/h3-17,24,32,34H,18-23H2,1-2H3,(H2,43,46)(H,44,53)(H,45,54)/t32-,34+/m0/s1. The van der Waals surface area contributed by atoms with Crippen LogP contribution in [0.25, 0.3) is 10.2 Å². The topological polar surface area (TPSA) is 153 Å². The first-order valence-electron chi connectivity index (χ1n) is 18.0. The van der Waals surface area contributed by atoms with E-state index in [-0.39, 0.29) is 57.1 Å². The second kappa shape index (κ2) is 16.8. The van der Waals surface area contributed by atoms with E-state index in [1.165, 1.54) is 11.3 Å². The third-order valence-electron chi connectivity index (χ3n) is 9.69. The number of hydrazine groups is 1. The molecule has 2 aliphatic heterocycles. The second-order valence-electron chi connectivity index (χ2n) is 13.9. The van der Waals surface area contributed by atoms with E-state index in [1.54, 1.807) is 50.1 Å². The molecule has 2 atom stereocenters. The van der Waals surface area contributed by atoms with Gasteiger partial charge >= 0.3 is 12.1 Å². The van der Waals surface area contributed by atoms with Crippen LogP contribution in [0, 0.1) is 0 Å². The predicted octanol–water partition coefficient (Wildman–Crippen LogP) is 6.89. The van der Waals surface area contributed by atoms with Crippen molar-refractivity contribution in [2.75, 3.05) is 24.1 Å². The quantitative estimate of drug-likeness (QED) is 0.130. The number of piperazine rings is 1. The van der Waals surface area contributed by atoms with Gasteiger partial charge in [-0.25, -0.2) is 14.6 Å². The number of nitrogen functional groups attached to an aromatic ring is 1. The number of hydrogen-bond acceptors (Lipinski definition) is 9. The summed E-state index contributed by atoms with van der Waals surface area (Å²) < 4.78 is 6.26. The number of anilines is 2. The molecule has 4 aromatic carbocycles. The molecule has 7 rings (SSSR count). The maximum atomic E-state index is 14.5. The number of nitrogens with one attached hydrogen (secondary N) is 2. The minimum Gasteiger partial charge on any atom is -0.444 e. The molecule has 2 aliphatic rings. The number of carbonyl (C=O) groups is 4. The summed E-state index contributed by atoms with van der Waals surface area (Å²) in [5, 5.41) is 10.2. The molecule has 290 valence electrons. The van der Waals surface area contributed by atoms with Gasteiger partial charge in [-0.3, -0.25) is 19.9 Å². The third kappa shape index (κ3) is 8.53. The van der Waals surface area contributed by atoms with Crippen molar-refractivity contribution in [1.29, 1.82) is 0 Å². The number of nitrogens with two attached hydrogens (primary N) is 1. The molecule has 5 aromatic rings. The summed E-state index contributed by atoms with van der Waals surface area (Å²) >= 11 is 13.7. The van der Waals surface area contributed by atoms with Crippen LogP contribution in [0.1, 0.15) is 36.1 Å². The number of fused-ring (bicyclic) bond motifs is 2. The SMILES string of the molecule is CC(C)N(C(=O)NCc1ccc(Cl)c(Cl)c1)N1CC(=O)N2[C@@H](Cc3ccc(NC(=O)OCc4ccccc4)cc3)C(=O)N(Cc3cccc4sc(N)nc34)C[C@@H]21. The van der Waals surface area contributed by atoms with Crippen LogP contribution in [0.3, 0.4) is 0 Å². The van der Waals surface area contributed by atoms with E-state index < -0.39 is 24.3 Å². The Morgan fingerprint density at radius 1 is 0.964 bits per heavy atom. The third-order valence-corrected chi connectivity index (χ3v) is 11.3. The van der Waals surface area contributed by atoms with Gasteiger partial charge in [-0.2, -0.15) is 5.01 Å². The number of amides is 5. The van der Waals surface area contributed by atoms with Gasteiger partial charge in [0, 0.05) is 31.2 Å². The Bertz CT molecular complexity index is 2260. The van der Waals surface area contributed by atoms with Gasteiger partial charge in [0.25, 0.3) is 0 Å². The first kappa shape index (κ1) is 38.8. The largest absolute Gasteiger partial charge is 0.444 e. The first-order chi connectivity index (χ1) is 26.9. The van der Waals surface area contributed by atoms with Crippen LogP contribution in [0.4, 0.5) is 20.4 Å². The number of aromatic nitrogens is 1. The van der Waals surface area contributed by atoms with Crippen molar-refractivity contribution < 1.29 is 23.9 Å². The van der Waals surface area contributed by atoms with Crippen LogP contribution in [-0.2, 0) is 40.4 Å². The molecule has 2 fully saturated rings. The molecule has 0 spiro atoms. The lowest BCUT2D eigenvalue weighted by Crippen LogP contribution is -2.66. The molecule has 3 heterocycles. The molecule has 5 amide bonds. The molecule has 0 radical (unpaired) electrons. The molecule has 4 N–H and O–H groups in total. The summed E-state index contributed by atoms with van der Waals surface area (Å²) in [6.45, 7) is 4.32. The highest BCUT2D eigenvalue weighted by atomic mass is 35.5. The van der Waals surface area contributed by atoms with Gasteiger partial charge in [-0.05, 0) is 66.4 Å². The number of rotatable bonds is 11. The summed E-state index contributed by atoms with van der Waals surface area (Å²) in [6.07, 6.45) is -1.05. The normalized spacial score (nSPS) is 17.0. The number of ether oxygens (including phenoxy) is 1. The van der Waals surface area contributed by atoms with Crippen LogP contribution in [0.5, 0.6) is 0 Å². The summed E-state index contributed by atoms with van der Waals surface area (Å²) in [5.74, 6) is -0.506. The highest BCUT2D eigenvalue weighted by Gasteiger charge is 2.52. The van der Waals surface area contributed by atoms with Gasteiger partial charge in [0.2, 0.25) is 11.8 Å². The number of urea groups is 1. The zero-order valence-corrected chi connectivity index (χ0v) is 33.0. The minimum atomic E-state index is -0.881. The zero-order valence-electron chi connectivity index (χ0n) is 30.7. The van der Waals surface area contributed by atoms with E-state index in [2.05, 4.69) is 15.6 Å². The number of halogens is 2. The molecular formula is C40H40Cl2N8O5S. The lowest BCUT2D eigenvalue weighted by molar-refractivity contribution is -0.158. The van der Waals surface area contributed by atoms with E-state index in [1.807, 2.05) is 74.5 Å². The number of carbonyl (C=O) groups excluding carboxylic acids is 4. The molecule has 16 heteroatoms. The Morgan fingerprint density at radius 3 is 2.45 bits per heavy atom. The van der Waals surface area contributed by atoms with Crippen molar-refractivity contribution in [3.8, 4) is 0 Å². The average molecular weight is 816 g/mol. The Morgan fingerprint density at radius 2 is 1.71 bits per heavy atom. The smallest absolute Gasteiger partial charge is 0.411 e. The maximum absolute atomic E-state index is 14.5. The summed E-state index contributed by atoms with van der Waals surface area (Å²) in [5.41, 5.74) is 10.5. The van der Waals surface area contributed by atoms with E-state index in [4.69, 9.17) is 33.7 Å². The number of para-hydroxylation sites is 1. The monoisotopic (exact) mass is 814 g/mol. The fourth-order valence-electron chi connectivity index (χ4n) is 7.10. The van der Waals surface area contributed by atoms with Crippen molar-refractivity contribution >= 4 is 79.5 Å². The van der Waals surface area contributed by atoms with Gasteiger partial charge in [0.15, 0.2) is 5.13 Å². The zero-order chi connectivity index (χ0) is 39.5. The maximum Gasteiger partial charge on any atom is 0.411 e. The van der Waals surface area contributed by atoms with E-state index in [0.717, 1.165) is 32.5 Å². The Balaban J connectivity index is 1.13. The van der Waals surface area contributed by atoms with Crippen molar-refractivity contribution in [3.05, 3.63) is 123 Å². The molecule has 0 saturated carbocycles. The van der Waals surface area contributed by atoms with Crippen molar-refractivity contribution in [2.45, 2.75) is 58.2 Å². The molecule has 2 saturated heterocycles. The van der Waals surface area contributed by atoms with Crippen molar-refractivity contribution in [2.24, 2.45) is 0 Å². The number of nitrogens with zero attached hydrogens (tertiary/aromatic N) is 5. The fourth-order valence-corrected chi connectivity index (χ4v) is 8.20. The lowest BCUT2D eigenvalue weighted by atomic mass is 9.99. The Labute approximate surface area is 337 Å². The van der Waals surface area contributed by atoms with E-state index >= 15 is 0 Å². The van der Waals surface area contributed by atoms with Crippen LogP contribution < -0.4 is 16.4 Å². The molecule has 13 nitrogen and oxygen atoms in total. The lowest BCUT2D eigenvalue weighted by Gasteiger charge is -2.47. The van der Waals surface area contributed by atoms with Crippen LogP contribution in [0.2, 0.25) is 10.0 Å². The fraction of sp³-hybridized carbons (Fsp3) is 0.275. The first-order valence-corrected chi connectivity index (χ1v) is 19.6. The molecule has 1 aromatic heterocycles. The average Bonchev–Trinajstić information content (AvgIpc) is 3.72. The predicted molar refractivity (Wildman–Crippen MR) is 217 cm³/mol. The molecular weight excluding hydrogens is 775 g/mol. The van der Waals surface area contributed by atoms with E-state index in [9.17, 15) is 19.2 Å². The number of hydrogen-bond donors (Lipinski definition) is 3. The van der Waals surface area contributed by atoms with Gasteiger partial charge in [-0.15, -0.1) is 0 Å². The minimum absolute atomic E-state index is 0.104. The molecule has 56 heavy (non-hydrogen) atoms. The Hall–Kier alpha value is -5.41. The van der Waals surface area contributed by atoms with Gasteiger partial charge in [0.05, 0.1) is 33.4 Å². The number of thiazole rings is 1. The highest BCUT2D eigenvalue weighted by molar-refractivity contribution is 7.22. The molecule has 0 aliphatic carbocycles. The molecule has 0 bridgehead atoms. The summed E-state index contributed by atoms with van der Waals surface area (Å²) in [4.78, 5) is 62.8.